The number of rotatable bonds is 2. The van der Waals surface area contributed by atoms with Crippen LogP contribution in [0.3, 0.4) is 0 Å². The summed E-state index contributed by atoms with van der Waals surface area (Å²) in [5.41, 5.74) is 6.75. The average molecular weight is 181 g/mol. The number of hydrogen-bond donors (Lipinski definition) is 1. The van der Waals surface area contributed by atoms with E-state index in [0.29, 0.717) is 0 Å². The van der Waals surface area contributed by atoms with E-state index in [4.69, 9.17) is 5.73 Å². The largest absolute Gasteiger partial charge is 0.328 e. The second-order valence-corrected chi connectivity index (χ2v) is 3.88. The van der Waals surface area contributed by atoms with E-state index in [1.807, 2.05) is 29.1 Å². The van der Waals surface area contributed by atoms with Crippen molar-refractivity contribution in [1.29, 1.82) is 0 Å². The van der Waals surface area contributed by atoms with Gasteiger partial charge >= 0.3 is 0 Å². The van der Waals surface area contributed by atoms with Crippen molar-refractivity contribution < 1.29 is 0 Å². The Hall–Kier alpha value is -0.870. The van der Waals surface area contributed by atoms with Gasteiger partial charge in [-0.25, -0.2) is 4.98 Å². The number of imidazole rings is 1. The van der Waals surface area contributed by atoms with Crippen LogP contribution in [0.15, 0.2) is 17.8 Å². The van der Waals surface area contributed by atoms with Gasteiger partial charge < -0.3 is 5.73 Å². The maximum absolute atomic E-state index is 5.67. The molecule has 0 saturated carbocycles. The summed E-state index contributed by atoms with van der Waals surface area (Å²) in [6.07, 6.45) is 4.90. The SMILES string of the molecule is C[C@@H](N)Cc1cn2ccsc2n1. The fourth-order valence-corrected chi connectivity index (χ4v) is 1.92. The van der Waals surface area contributed by atoms with E-state index in [1.54, 1.807) is 11.3 Å². The van der Waals surface area contributed by atoms with E-state index in [0.717, 1.165) is 17.1 Å². The molecular formula is C8H11N3S. The summed E-state index contributed by atoms with van der Waals surface area (Å²) in [5, 5.41) is 2.03. The number of nitrogens with two attached hydrogens (primary N) is 1. The molecule has 64 valence electrons. The van der Waals surface area contributed by atoms with E-state index in [9.17, 15) is 0 Å². The molecule has 2 heterocycles. The lowest BCUT2D eigenvalue weighted by atomic mass is 10.2. The minimum atomic E-state index is 0.189. The molecule has 0 saturated heterocycles. The van der Waals surface area contributed by atoms with Gasteiger partial charge in [0.25, 0.3) is 0 Å². The van der Waals surface area contributed by atoms with E-state index in [1.165, 1.54) is 0 Å². The van der Waals surface area contributed by atoms with Crippen molar-refractivity contribution in [2.24, 2.45) is 5.73 Å². The normalized spacial score (nSPS) is 13.8. The number of aromatic nitrogens is 2. The molecular weight excluding hydrogens is 170 g/mol. The Labute approximate surface area is 74.8 Å². The summed E-state index contributed by atoms with van der Waals surface area (Å²) in [4.78, 5) is 5.46. The predicted molar refractivity (Wildman–Crippen MR) is 50.4 cm³/mol. The van der Waals surface area contributed by atoms with Crippen LogP contribution in [0.1, 0.15) is 12.6 Å². The highest BCUT2D eigenvalue weighted by atomic mass is 32.1. The molecule has 2 rings (SSSR count). The van der Waals surface area contributed by atoms with Gasteiger partial charge in [0.2, 0.25) is 0 Å². The van der Waals surface area contributed by atoms with Crippen molar-refractivity contribution in [3.8, 4) is 0 Å². The first-order valence-electron chi connectivity index (χ1n) is 3.92. The van der Waals surface area contributed by atoms with Gasteiger partial charge in [0.05, 0.1) is 5.69 Å². The zero-order valence-electron chi connectivity index (χ0n) is 6.90. The molecule has 0 aliphatic rings. The summed E-state index contributed by atoms with van der Waals surface area (Å²) in [6.45, 7) is 1.99. The zero-order chi connectivity index (χ0) is 8.55. The second kappa shape index (κ2) is 2.88. The van der Waals surface area contributed by atoms with Crippen molar-refractivity contribution in [3.63, 3.8) is 0 Å². The topological polar surface area (TPSA) is 43.3 Å². The standard InChI is InChI=1S/C8H11N3S/c1-6(9)4-7-5-11-2-3-12-8(11)10-7/h2-3,5-6H,4,9H2,1H3/t6-/m1/s1. The predicted octanol–water partition coefficient (Wildman–Crippen LogP) is 1.29. The first-order valence-corrected chi connectivity index (χ1v) is 4.80. The smallest absolute Gasteiger partial charge is 0.193 e. The lowest BCUT2D eigenvalue weighted by Crippen LogP contribution is -2.17. The van der Waals surface area contributed by atoms with E-state index in [2.05, 4.69) is 4.98 Å². The highest BCUT2D eigenvalue weighted by Crippen LogP contribution is 2.11. The van der Waals surface area contributed by atoms with Gasteiger partial charge in [0.15, 0.2) is 4.96 Å². The number of fused-ring (bicyclic) bond motifs is 1. The molecule has 0 aromatic carbocycles. The van der Waals surface area contributed by atoms with Crippen LogP contribution in [0.5, 0.6) is 0 Å². The first kappa shape index (κ1) is 7.76. The summed E-state index contributed by atoms with van der Waals surface area (Å²) >= 11 is 1.65. The van der Waals surface area contributed by atoms with Gasteiger partial charge in [0, 0.05) is 30.2 Å². The summed E-state index contributed by atoms with van der Waals surface area (Å²) < 4.78 is 2.03. The maximum Gasteiger partial charge on any atom is 0.193 e. The molecule has 12 heavy (non-hydrogen) atoms. The molecule has 1 atom stereocenters. The third kappa shape index (κ3) is 1.35. The molecule has 0 unspecified atom stereocenters. The molecule has 2 aromatic heterocycles. The maximum atomic E-state index is 5.67. The van der Waals surface area contributed by atoms with E-state index < -0.39 is 0 Å². The summed E-state index contributed by atoms with van der Waals surface area (Å²) in [5.74, 6) is 0. The molecule has 0 aliphatic heterocycles. The Kier molecular flexibility index (Phi) is 1.86. The number of hydrogen-bond acceptors (Lipinski definition) is 3. The molecule has 0 radical (unpaired) electrons. The Morgan fingerprint density at radius 3 is 3.25 bits per heavy atom. The Balaban J connectivity index is 2.32. The highest BCUT2D eigenvalue weighted by molar-refractivity contribution is 7.15. The summed E-state index contributed by atoms with van der Waals surface area (Å²) in [7, 11) is 0. The third-order valence-corrected chi connectivity index (χ3v) is 2.44. The minimum Gasteiger partial charge on any atom is -0.328 e. The Morgan fingerprint density at radius 1 is 1.75 bits per heavy atom. The van der Waals surface area contributed by atoms with Crippen LogP contribution in [0.2, 0.25) is 0 Å². The van der Waals surface area contributed by atoms with Crippen LogP contribution in [-0.4, -0.2) is 15.4 Å². The second-order valence-electron chi connectivity index (χ2n) is 3.01. The van der Waals surface area contributed by atoms with Crippen LogP contribution < -0.4 is 5.73 Å². The Bertz CT molecular complexity index is 346. The number of nitrogens with zero attached hydrogens (tertiary/aromatic N) is 2. The summed E-state index contributed by atoms with van der Waals surface area (Å²) in [6, 6.07) is 0.189. The first-order chi connectivity index (χ1) is 5.75. The van der Waals surface area contributed by atoms with Gasteiger partial charge in [-0.3, -0.25) is 4.40 Å². The molecule has 0 aliphatic carbocycles. The molecule has 3 nitrogen and oxygen atoms in total. The molecule has 0 bridgehead atoms. The van der Waals surface area contributed by atoms with Crippen molar-refractivity contribution in [2.45, 2.75) is 19.4 Å². The van der Waals surface area contributed by atoms with Gasteiger partial charge in [0.1, 0.15) is 0 Å². The van der Waals surface area contributed by atoms with Crippen molar-refractivity contribution in [1.82, 2.24) is 9.38 Å². The third-order valence-electron chi connectivity index (χ3n) is 1.67. The molecule has 0 fully saturated rings. The average Bonchev–Trinajstić information content (AvgIpc) is 2.43. The minimum absolute atomic E-state index is 0.189. The van der Waals surface area contributed by atoms with Gasteiger partial charge in [-0.15, -0.1) is 11.3 Å². The van der Waals surface area contributed by atoms with Gasteiger partial charge in [-0.1, -0.05) is 0 Å². The van der Waals surface area contributed by atoms with Gasteiger partial charge in [-0.2, -0.15) is 0 Å². The van der Waals surface area contributed by atoms with Crippen molar-refractivity contribution in [3.05, 3.63) is 23.5 Å². The van der Waals surface area contributed by atoms with Crippen LogP contribution in [0.25, 0.3) is 4.96 Å². The lowest BCUT2D eigenvalue weighted by molar-refractivity contribution is 0.726. The monoisotopic (exact) mass is 181 g/mol. The Morgan fingerprint density at radius 2 is 2.58 bits per heavy atom. The zero-order valence-corrected chi connectivity index (χ0v) is 7.71. The lowest BCUT2D eigenvalue weighted by Gasteiger charge is -1.98. The fraction of sp³-hybridized carbons (Fsp3) is 0.375. The van der Waals surface area contributed by atoms with Crippen molar-refractivity contribution in [2.75, 3.05) is 0 Å². The molecule has 0 amide bonds. The number of thiazole rings is 1. The van der Waals surface area contributed by atoms with Crippen LogP contribution in [0.4, 0.5) is 0 Å². The molecule has 4 heteroatoms. The van der Waals surface area contributed by atoms with Crippen LogP contribution in [0, 0.1) is 0 Å². The van der Waals surface area contributed by atoms with Crippen LogP contribution in [-0.2, 0) is 6.42 Å². The highest BCUT2D eigenvalue weighted by Gasteiger charge is 2.03. The molecule has 0 spiro atoms. The van der Waals surface area contributed by atoms with E-state index in [-0.39, 0.29) is 6.04 Å². The fourth-order valence-electron chi connectivity index (χ4n) is 1.20. The van der Waals surface area contributed by atoms with Crippen LogP contribution >= 0.6 is 11.3 Å². The van der Waals surface area contributed by atoms with Crippen molar-refractivity contribution >= 4 is 16.3 Å². The molecule has 2 N–H and O–H groups in total. The quantitative estimate of drug-likeness (QED) is 0.758. The van der Waals surface area contributed by atoms with Gasteiger partial charge in [-0.05, 0) is 6.92 Å². The molecule has 2 aromatic rings. The van der Waals surface area contributed by atoms with E-state index >= 15 is 0 Å².